The number of carbonyl (C=O) groups is 1. The summed E-state index contributed by atoms with van der Waals surface area (Å²) in [5, 5.41) is 20.3. The molecule has 1 aliphatic carbocycles. The third kappa shape index (κ3) is 3.77. The van der Waals surface area contributed by atoms with Crippen molar-refractivity contribution in [3.8, 4) is 5.75 Å². The summed E-state index contributed by atoms with van der Waals surface area (Å²) < 4.78 is 17.5. The van der Waals surface area contributed by atoms with Gasteiger partial charge >= 0.3 is 5.97 Å². The summed E-state index contributed by atoms with van der Waals surface area (Å²) in [7, 11) is 0. The van der Waals surface area contributed by atoms with Crippen LogP contribution < -0.4 is 4.74 Å². The van der Waals surface area contributed by atoms with Crippen LogP contribution in [-0.4, -0.2) is 35.0 Å². The second kappa shape index (κ2) is 7.78. The number of furan rings is 1. The quantitative estimate of drug-likeness (QED) is 0.772. The zero-order chi connectivity index (χ0) is 19.8. The second-order valence-electron chi connectivity index (χ2n) is 7.60. The van der Waals surface area contributed by atoms with Crippen molar-refractivity contribution in [1.29, 1.82) is 0 Å². The Morgan fingerprint density at radius 1 is 1.29 bits per heavy atom. The van der Waals surface area contributed by atoms with Crippen LogP contribution in [0.1, 0.15) is 47.2 Å². The Hall–Kier alpha value is -2.02. The van der Waals surface area contributed by atoms with Crippen LogP contribution in [0.15, 0.2) is 34.7 Å². The van der Waals surface area contributed by atoms with E-state index < -0.39 is 12.1 Å². The number of ether oxygens (including phenoxy) is 2. The number of halogens is 1. The molecule has 4 rings (SSSR count). The van der Waals surface area contributed by atoms with E-state index >= 15 is 0 Å². The van der Waals surface area contributed by atoms with E-state index in [1.807, 2.05) is 25.1 Å². The molecule has 1 aromatic heterocycles. The predicted molar refractivity (Wildman–Crippen MR) is 102 cm³/mol. The van der Waals surface area contributed by atoms with Crippen LogP contribution in [-0.2, 0) is 4.74 Å². The highest BCUT2D eigenvalue weighted by Crippen LogP contribution is 2.46. The van der Waals surface area contributed by atoms with Crippen molar-refractivity contribution >= 4 is 17.6 Å². The van der Waals surface area contributed by atoms with Gasteiger partial charge in [0.05, 0.1) is 18.8 Å². The molecule has 1 saturated heterocycles. The van der Waals surface area contributed by atoms with E-state index in [0.717, 1.165) is 24.2 Å². The number of carboxylic acids is 1. The van der Waals surface area contributed by atoms with Gasteiger partial charge in [-0.3, -0.25) is 0 Å². The molecule has 28 heavy (non-hydrogen) atoms. The van der Waals surface area contributed by atoms with Crippen LogP contribution in [0.3, 0.4) is 0 Å². The summed E-state index contributed by atoms with van der Waals surface area (Å²) in [5.41, 5.74) is 0.951. The summed E-state index contributed by atoms with van der Waals surface area (Å²) in [6, 6.07) is 8.64. The smallest absolute Gasteiger partial charge is 0.371 e. The first-order valence-electron chi connectivity index (χ1n) is 9.48. The first-order chi connectivity index (χ1) is 13.4. The molecule has 2 heterocycles. The van der Waals surface area contributed by atoms with Crippen molar-refractivity contribution in [3.63, 3.8) is 0 Å². The maximum atomic E-state index is 11.0. The summed E-state index contributed by atoms with van der Waals surface area (Å²) in [6.45, 7) is 2.34. The van der Waals surface area contributed by atoms with Crippen molar-refractivity contribution in [3.05, 3.63) is 52.4 Å². The Morgan fingerprint density at radius 3 is 2.82 bits per heavy atom. The zero-order valence-electron chi connectivity index (χ0n) is 15.5. The van der Waals surface area contributed by atoms with Crippen LogP contribution in [0.4, 0.5) is 0 Å². The molecule has 150 valence electrons. The molecule has 2 N–H and O–H groups in total. The van der Waals surface area contributed by atoms with Gasteiger partial charge in [-0.1, -0.05) is 11.6 Å². The minimum Gasteiger partial charge on any atom is -0.493 e. The summed E-state index contributed by atoms with van der Waals surface area (Å²) in [6.07, 6.45) is 1.27. The fourth-order valence-corrected chi connectivity index (χ4v) is 4.43. The van der Waals surface area contributed by atoms with Gasteiger partial charge in [-0.15, -0.1) is 0 Å². The van der Waals surface area contributed by atoms with E-state index in [1.165, 1.54) is 6.07 Å². The van der Waals surface area contributed by atoms with Crippen LogP contribution in [0.25, 0.3) is 0 Å². The minimum absolute atomic E-state index is 0.00637. The molecule has 2 fully saturated rings. The highest BCUT2D eigenvalue weighted by atomic mass is 35.5. The number of hydrogen-bond acceptors (Lipinski definition) is 5. The molecule has 0 amide bonds. The van der Waals surface area contributed by atoms with Crippen molar-refractivity contribution < 1.29 is 28.9 Å². The first kappa shape index (κ1) is 19.3. The molecule has 2 aromatic rings. The predicted octanol–water partition coefficient (Wildman–Crippen LogP) is 4.24. The van der Waals surface area contributed by atoms with Gasteiger partial charge in [0.2, 0.25) is 5.76 Å². The molecule has 0 spiro atoms. The van der Waals surface area contributed by atoms with Gasteiger partial charge in [0.25, 0.3) is 0 Å². The number of aromatic carboxylic acids is 1. The monoisotopic (exact) mass is 406 g/mol. The van der Waals surface area contributed by atoms with E-state index in [4.69, 9.17) is 30.6 Å². The molecule has 0 radical (unpaired) electrons. The van der Waals surface area contributed by atoms with Crippen molar-refractivity contribution in [1.82, 2.24) is 0 Å². The third-order valence-electron chi connectivity index (χ3n) is 5.82. The van der Waals surface area contributed by atoms with Gasteiger partial charge in [0.15, 0.2) is 0 Å². The Balaban J connectivity index is 1.39. The number of aliphatic hydroxyl groups excluding tert-OH is 1. The van der Waals surface area contributed by atoms with Gasteiger partial charge in [0, 0.05) is 17.4 Å². The Kier molecular flexibility index (Phi) is 5.36. The maximum Gasteiger partial charge on any atom is 0.371 e. The van der Waals surface area contributed by atoms with E-state index in [0.29, 0.717) is 23.8 Å². The van der Waals surface area contributed by atoms with Gasteiger partial charge < -0.3 is 24.1 Å². The lowest BCUT2D eigenvalue weighted by atomic mass is 9.86. The van der Waals surface area contributed by atoms with Crippen LogP contribution in [0.5, 0.6) is 5.75 Å². The highest BCUT2D eigenvalue weighted by molar-refractivity contribution is 6.31. The maximum absolute atomic E-state index is 11.0. The average Bonchev–Trinajstić information content (AvgIpc) is 3.27. The highest BCUT2D eigenvalue weighted by Gasteiger charge is 2.47. The van der Waals surface area contributed by atoms with Gasteiger partial charge in [0.1, 0.15) is 17.6 Å². The number of hydrogen-bond donors (Lipinski definition) is 2. The lowest BCUT2D eigenvalue weighted by molar-refractivity contribution is -0.0891. The van der Waals surface area contributed by atoms with Crippen molar-refractivity contribution in [2.75, 3.05) is 6.61 Å². The molecule has 1 aromatic carbocycles. The van der Waals surface area contributed by atoms with Gasteiger partial charge in [-0.25, -0.2) is 4.79 Å². The molecule has 0 bridgehead atoms. The minimum atomic E-state index is -1.09. The first-order valence-corrected chi connectivity index (χ1v) is 9.85. The van der Waals surface area contributed by atoms with Crippen LogP contribution in [0, 0.1) is 18.8 Å². The molecule has 0 unspecified atom stereocenters. The number of rotatable bonds is 5. The van der Waals surface area contributed by atoms with Crippen LogP contribution in [0.2, 0.25) is 5.02 Å². The summed E-state index contributed by atoms with van der Waals surface area (Å²) in [5.74, 6) is 0.287. The van der Waals surface area contributed by atoms with E-state index in [2.05, 4.69) is 0 Å². The molecule has 5 atom stereocenters. The number of carboxylic acid groups (broad SMARTS) is 1. The molecule has 7 heteroatoms. The van der Waals surface area contributed by atoms with Gasteiger partial charge in [-0.05, 0) is 61.6 Å². The van der Waals surface area contributed by atoms with E-state index in [1.54, 1.807) is 6.07 Å². The Morgan fingerprint density at radius 2 is 2.11 bits per heavy atom. The summed E-state index contributed by atoms with van der Waals surface area (Å²) >= 11 is 6.05. The standard InChI is InChI=1S/C21H23ClO6/c1-11-8-12(2-4-15(11)22)26-10-14-13-3-5-17(28-20(13)9-16(14)23)18-6-7-19(27-18)21(24)25/h2,4,6-8,13-14,16-17,20,23H,3,5,9-10H2,1H3,(H,24,25)/t13-,14-,16+,17-,20+/m1/s1. The van der Waals surface area contributed by atoms with Crippen molar-refractivity contribution in [2.45, 2.75) is 44.5 Å². The van der Waals surface area contributed by atoms with Crippen LogP contribution >= 0.6 is 11.6 Å². The second-order valence-corrected chi connectivity index (χ2v) is 8.01. The molecule has 6 nitrogen and oxygen atoms in total. The Bertz CT molecular complexity index is 862. The number of benzene rings is 1. The largest absolute Gasteiger partial charge is 0.493 e. The normalized spacial score (nSPS) is 29.5. The molecular formula is C21H23ClO6. The fourth-order valence-electron chi connectivity index (χ4n) is 4.31. The molecule has 2 aliphatic rings. The molecule has 1 saturated carbocycles. The number of fused-ring (bicyclic) bond motifs is 1. The van der Waals surface area contributed by atoms with Gasteiger partial charge in [-0.2, -0.15) is 0 Å². The van der Waals surface area contributed by atoms with E-state index in [9.17, 15) is 9.90 Å². The fraction of sp³-hybridized carbons (Fsp3) is 0.476. The van der Waals surface area contributed by atoms with Crippen molar-refractivity contribution in [2.24, 2.45) is 11.8 Å². The average molecular weight is 407 g/mol. The third-order valence-corrected chi connectivity index (χ3v) is 6.25. The lowest BCUT2D eigenvalue weighted by Crippen LogP contribution is -2.33. The Labute approximate surface area is 168 Å². The number of aliphatic hydroxyl groups is 1. The molecule has 1 aliphatic heterocycles. The lowest BCUT2D eigenvalue weighted by Gasteiger charge is -2.33. The summed E-state index contributed by atoms with van der Waals surface area (Å²) in [4.78, 5) is 11.0. The van der Waals surface area contributed by atoms with E-state index in [-0.39, 0.29) is 29.8 Å². The SMILES string of the molecule is Cc1cc(OC[C@@H]2[C@H]3CC[C@H](c4ccc(C(=O)O)o4)O[C@H]3C[C@@H]2O)ccc1Cl. The number of aryl methyl sites for hydroxylation is 1. The molecular weight excluding hydrogens is 384 g/mol. The zero-order valence-corrected chi connectivity index (χ0v) is 16.3. The topological polar surface area (TPSA) is 89.1 Å².